The predicted octanol–water partition coefficient (Wildman–Crippen LogP) is 3.23. The molecule has 5 nitrogen and oxygen atoms in total. The fourth-order valence-corrected chi connectivity index (χ4v) is 3.68. The Labute approximate surface area is 140 Å². The van der Waals surface area contributed by atoms with Crippen LogP contribution in [0.2, 0.25) is 0 Å². The maximum atomic E-state index is 11.9. The largest absolute Gasteiger partial charge is 0.444 e. The van der Waals surface area contributed by atoms with Crippen LogP contribution in [0.4, 0.5) is 4.79 Å². The van der Waals surface area contributed by atoms with E-state index < -0.39 is 5.60 Å². The zero-order chi connectivity index (χ0) is 17.3. The van der Waals surface area contributed by atoms with Gasteiger partial charge in [-0.1, -0.05) is 13.8 Å². The fourth-order valence-electron chi connectivity index (χ4n) is 3.68. The number of ether oxygens (including phenoxy) is 2. The van der Waals surface area contributed by atoms with Crippen LogP contribution >= 0.6 is 0 Å². The van der Waals surface area contributed by atoms with Gasteiger partial charge in [-0.15, -0.1) is 0 Å². The summed E-state index contributed by atoms with van der Waals surface area (Å²) in [5, 5.41) is 6.77. The van der Waals surface area contributed by atoms with E-state index in [2.05, 4.69) is 31.4 Å². The molecule has 0 aromatic heterocycles. The highest BCUT2D eigenvalue weighted by Gasteiger charge is 2.49. The molecule has 23 heavy (non-hydrogen) atoms. The van der Waals surface area contributed by atoms with Crippen molar-refractivity contribution < 1.29 is 14.3 Å². The lowest BCUT2D eigenvalue weighted by Gasteiger charge is -2.52. The molecule has 2 rings (SSSR count). The fraction of sp³-hybridized carbons (Fsp3) is 0.944. The maximum absolute atomic E-state index is 11.9. The van der Waals surface area contributed by atoms with Gasteiger partial charge in [0.05, 0.1) is 6.10 Å². The average Bonchev–Trinajstić information content (AvgIpc) is 2.82. The third kappa shape index (κ3) is 4.83. The van der Waals surface area contributed by atoms with E-state index in [-0.39, 0.29) is 17.6 Å². The zero-order valence-corrected chi connectivity index (χ0v) is 15.6. The minimum absolute atomic E-state index is 0.187. The molecule has 2 aliphatic rings. The first kappa shape index (κ1) is 18.5. The first-order valence-electron chi connectivity index (χ1n) is 8.99. The third-order valence-corrected chi connectivity index (χ3v) is 5.14. The third-order valence-electron chi connectivity index (χ3n) is 5.14. The van der Waals surface area contributed by atoms with E-state index in [0.717, 1.165) is 32.3 Å². The van der Waals surface area contributed by atoms with Crippen LogP contribution in [0.25, 0.3) is 0 Å². The van der Waals surface area contributed by atoms with Gasteiger partial charge in [-0.05, 0) is 53.4 Å². The number of hydrogen-bond donors (Lipinski definition) is 2. The van der Waals surface area contributed by atoms with Crippen molar-refractivity contribution in [3.63, 3.8) is 0 Å². The first-order valence-corrected chi connectivity index (χ1v) is 8.99. The average molecular weight is 326 g/mol. The van der Waals surface area contributed by atoms with Gasteiger partial charge < -0.3 is 20.1 Å². The lowest BCUT2D eigenvalue weighted by molar-refractivity contribution is -0.116. The van der Waals surface area contributed by atoms with Crippen molar-refractivity contribution in [2.75, 3.05) is 6.61 Å². The van der Waals surface area contributed by atoms with Gasteiger partial charge in [0.2, 0.25) is 0 Å². The zero-order valence-electron chi connectivity index (χ0n) is 15.6. The van der Waals surface area contributed by atoms with E-state index in [1.165, 1.54) is 0 Å². The molecule has 5 heteroatoms. The molecule has 4 unspecified atom stereocenters. The van der Waals surface area contributed by atoms with Gasteiger partial charge in [-0.25, -0.2) is 4.79 Å². The minimum Gasteiger partial charge on any atom is -0.444 e. The van der Waals surface area contributed by atoms with Gasteiger partial charge in [0.15, 0.2) is 0 Å². The molecule has 0 spiro atoms. The summed E-state index contributed by atoms with van der Waals surface area (Å²) >= 11 is 0. The number of nitrogens with one attached hydrogen (secondary N) is 2. The predicted molar refractivity (Wildman–Crippen MR) is 91.5 cm³/mol. The summed E-state index contributed by atoms with van der Waals surface area (Å²) in [7, 11) is 0. The lowest BCUT2D eigenvalue weighted by Crippen LogP contribution is -2.62. The van der Waals surface area contributed by atoms with Gasteiger partial charge in [0.25, 0.3) is 0 Å². The number of alkyl carbamates (subject to hydrolysis) is 1. The van der Waals surface area contributed by atoms with Crippen LogP contribution in [0.15, 0.2) is 0 Å². The van der Waals surface area contributed by atoms with Crippen LogP contribution < -0.4 is 10.6 Å². The summed E-state index contributed by atoms with van der Waals surface area (Å²) in [5.74, 6) is 0. The molecular weight excluding hydrogens is 292 g/mol. The summed E-state index contributed by atoms with van der Waals surface area (Å²) in [4.78, 5) is 11.9. The summed E-state index contributed by atoms with van der Waals surface area (Å²) in [6.45, 7) is 13.1. The topological polar surface area (TPSA) is 59.6 Å². The van der Waals surface area contributed by atoms with E-state index >= 15 is 0 Å². The number of carbonyl (C=O) groups excluding carboxylic acids is 1. The molecule has 2 N–H and O–H groups in total. The van der Waals surface area contributed by atoms with Crippen LogP contribution in [0.1, 0.15) is 67.2 Å². The van der Waals surface area contributed by atoms with Crippen LogP contribution in [-0.4, -0.2) is 42.5 Å². The molecular formula is C18H34N2O3. The Balaban J connectivity index is 1.73. The van der Waals surface area contributed by atoms with Gasteiger partial charge in [-0.3, -0.25) is 0 Å². The second-order valence-electron chi connectivity index (χ2n) is 8.57. The molecule has 0 heterocycles. The molecule has 134 valence electrons. The highest BCUT2D eigenvalue weighted by Crippen LogP contribution is 2.43. The number of amides is 1. The van der Waals surface area contributed by atoms with Crippen LogP contribution in [0, 0.1) is 5.41 Å². The Morgan fingerprint density at radius 1 is 1.17 bits per heavy atom. The standard InChI is InChI=1S/C18H34N2O3/c1-7-22-15-11-14(18(15,5)6)19-12-8-9-13(10-12)20-16(21)23-17(2,3)4/h12-15,19H,7-11H2,1-6H3,(H,20,21). The molecule has 0 radical (unpaired) electrons. The van der Waals surface area contributed by atoms with Gasteiger partial charge in [0.1, 0.15) is 5.60 Å². The summed E-state index contributed by atoms with van der Waals surface area (Å²) in [5.41, 5.74) is -0.253. The van der Waals surface area contributed by atoms with E-state index in [9.17, 15) is 4.79 Å². The van der Waals surface area contributed by atoms with Crippen molar-refractivity contribution in [1.29, 1.82) is 0 Å². The van der Waals surface area contributed by atoms with Gasteiger partial charge in [-0.2, -0.15) is 0 Å². The molecule has 0 bridgehead atoms. The van der Waals surface area contributed by atoms with Crippen LogP contribution in [-0.2, 0) is 9.47 Å². The van der Waals surface area contributed by atoms with Gasteiger partial charge >= 0.3 is 6.09 Å². The van der Waals surface area contributed by atoms with Crippen molar-refractivity contribution in [3.8, 4) is 0 Å². The van der Waals surface area contributed by atoms with Crippen molar-refractivity contribution in [3.05, 3.63) is 0 Å². The minimum atomic E-state index is -0.440. The molecule has 0 aliphatic heterocycles. The van der Waals surface area contributed by atoms with Gasteiger partial charge in [0, 0.05) is 30.1 Å². The Bertz CT molecular complexity index is 417. The molecule has 0 aromatic carbocycles. The Hall–Kier alpha value is -0.810. The van der Waals surface area contributed by atoms with Crippen molar-refractivity contribution in [2.45, 2.75) is 97.1 Å². The Morgan fingerprint density at radius 2 is 1.83 bits per heavy atom. The molecule has 1 amide bonds. The SMILES string of the molecule is CCOC1CC(NC2CCC(NC(=O)OC(C)(C)C)C2)C1(C)C. The first-order chi connectivity index (χ1) is 10.6. The Morgan fingerprint density at radius 3 is 2.39 bits per heavy atom. The van der Waals surface area contributed by atoms with E-state index in [4.69, 9.17) is 9.47 Å². The summed E-state index contributed by atoms with van der Waals surface area (Å²) in [6, 6.07) is 1.19. The van der Waals surface area contributed by atoms with Crippen molar-refractivity contribution >= 4 is 6.09 Å². The smallest absolute Gasteiger partial charge is 0.407 e. The van der Waals surface area contributed by atoms with Crippen LogP contribution in [0.3, 0.4) is 0 Å². The lowest BCUT2D eigenvalue weighted by atomic mass is 9.64. The molecule has 2 fully saturated rings. The van der Waals surface area contributed by atoms with E-state index in [0.29, 0.717) is 18.2 Å². The molecule has 4 atom stereocenters. The number of hydrogen-bond acceptors (Lipinski definition) is 4. The van der Waals surface area contributed by atoms with Crippen LogP contribution in [0.5, 0.6) is 0 Å². The van der Waals surface area contributed by atoms with E-state index in [1.807, 2.05) is 20.8 Å². The summed E-state index contributed by atoms with van der Waals surface area (Å²) in [6.07, 6.45) is 4.24. The van der Waals surface area contributed by atoms with E-state index in [1.54, 1.807) is 0 Å². The summed E-state index contributed by atoms with van der Waals surface area (Å²) < 4.78 is 11.1. The second-order valence-corrected chi connectivity index (χ2v) is 8.57. The van der Waals surface area contributed by atoms with Crippen molar-refractivity contribution in [2.24, 2.45) is 5.41 Å². The molecule has 2 aliphatic carbocycles. The van der Waals surface area contributed by atoms with Crippen molar-refractivity contribution in [1.82, 2.24) is 10.6 Å². The quantitative estimate of drug-likeness (QED) is 0.814. The monoisotopic (exact) mass is 326 g/mol. The maximum Gasteiger partial charge on any atom is 0.407 e. The molecule has 0 saturated heterocycles. The molecule has 0 aromatic rings. The number of carbonyl (C=O) groups is 1. The second kappa shape index (κ2) is 6.98. The number of rotatable bonds is 5. The highest BCUT2D eigenvalue weighted by molar-refractivity contribution is 5.68. The normalized spacial score (nSPS) is 33.1. The Kier molecular flexibility index (Phi) is 5.62. The molecule has 2 saturated carbocycles. The highest BCUT2D eigenvalue weighted by atomic mass is 16.6.